The van der Waals surface area contributed by atoms with Crippen LogP contribution in [-0.4, -0.2) is 4.92 Å². The van der Waals surface area contributed by atoms with E-state index in [1.54, 1.807) is 31.2 Å². The Bertz CT molecular complexity index is 723. The van der Waals surface area contributed by atoms with Gasteiger partial charge in [-0.15, -0.1) is 0 Å². The van der Waals surface area contributed by atoms with Gasteiger partial charge in [-0.2, -0.15) is 5.26 Å². The van der Waals surface area contributed by atoms with Gasteiger partial charge in [0.05, 0.1) is 16.6 Å². The molecule has 0 amide bonds. The van der Waals surface area contributed by atoms with Crippen molar-refractivity contribution in [1.82, 2.24) is 0 Å². The van der Waals surface area contributed by atoms with Crippen molar-refractivity contribution in [3.8, 4) is 17.6 Å². The molecule has 5 nitrogen and oxygen atoms in total. The number of aryl methyl sites for hydroxylation is 1. The maximum atomic E-state index is 11.0. The largest absolute Gasteiger partial charge is 0.450 e. The van der Waals surface area contributed by atoms with Crippen molar-refractivity contribution in [1.29, 1.82) is 5.26 Å². The summed E-state index contributed by atoms with van der Waals surface area (Å²) in [5.74, 6) is 0.505. The number of nitro groups is 1. The normalized spacial score (nSPS) is 9.85. The monoisotopic (exact) mass is 332 g/mol. The van der Waals surface area contributed by atoms with E-state index < -0.39 is 4.92 Å². The molecule has 0 atom stereocenters. The third-order valence-electron chi connectivity index (χ3n) is 2.54. The van der Waals surface area contributed by atoms with Crippen molar-refractivity contribution in [2.24, 2.45) is 0 Å². The van der Waals surface area contributed by atoms with E-state index in [2.05, 4.69) is 15.9 Å². The van der Waals surface area contributed by atoms with Gasteiger partial charge in [-0.1, -0.05) is 22.0 Å². The summed E-state index contributed by atoms with van der Waals surface area (Å²) in [7, 11) is 0. The third kappa shape index (κ3) is 3.13. The van der Waals surface area contributed by atoms with Gasteiger partial charge in [0.25, 0.3) is 0 Å². The molecule has 0 fully saturated rings. The van der Waals surface area contributed by atoms with E-state index in [0.29, 0.717) is 15.8 Å². The number of hydrogen-bond acceptors (Lipinski definition) is 4. The molecule has 20 heavy (non-hydrogen) atoms. The van der Waals surface area contributed by atoms with Gasteiger partial charge in [0.2, 0.25) is 5.75 Å². The molecule has 100 valence electrons. The highest BCUT2D eigenvalue weighted by Gasteiger charge is 2.16. The molecule has 0 N–H and O–H groups in total. The molecule has 2 rings (SSSR count). The molecule has 0 aliphatic rings. The van der Waals surface area contributed by atoms with Gasteiger partial charge in [-0.3, -0.25) is 10.1 Å². The Hall–Kier alpha value is -2.39. The highest BCUT2D eigenvalue weighted by molar-refractivity contribution is 9.10. The molecule has 2 aromatic carbocycles. The molecule has 0 spiro atoms. The van der Waals surface area contributed by atoms with Crippen LogP contribution in [0.3, 0.4) is 0 Å². The fraction of sp³-hybridized carbons (Fsp3) is 0.0714. The summed E-state index contributed by atoms with van der Waals surface area (Å²) in [4.78, 5) is 10.5. The van der Waals surface area contributed by atoms with Gasteiger partial charge in [-0.25, -0.2) is 0 Å². The van der Waals surface area contributed by atoms with Gasteiger partial charge < -0.3 is 4.74 Å². The van der Waals surface area contributed by atoms with Crippen molar-refractivity contribution in [3.63, 3.8) is 0 Å². The topological polar surface area (TPSA) is 76.2 Å². The second-order valence-electron chi connectivity index (χ2n) is 4.12. The fourth-order valence-corrected chi connectivity index (χ4v) is 2.14. The van der Waals surface area contributed by atoms with Crippen LogP contribution >= 0.6 is 15.9 Å². The molecule has 0 aromatic heterocycles. The number of halogens is 1. The molecule has 0 saturated carbocycles. The Labute approximate surface area is 123 Å². The van der Waals surface area contributed by atoms with Crippen LogP contribution in [0.15, 0.2) is 40.9 Å². The third-order valence-corrected chi connectivity index (χ3v) is 3.00. The molecule has 0 radical (unpaired) electrons. The standard InChI is InChI=1S/C14H9BrN2O3/c1-9-2-3-14(13(4-9)17(18)19)20-12-6-10(8-16)5-11(15)7-12/h2-7H,1H3. The highest BCUT2D eigenvalue weighted by atomic mass is 79.9. The van der Waals surface area contributed by atoms with Gasteiger partial charge >= 0.3 is 5.69 Å². The Morgan fingerprint density at radius 3 is 2.70 bits per heavy atom. The molecule has 0 aliphatic carbocycles. The predicted octanol–water partition coefficient (Wildman–Crippen LogP) is 4.33. The average molecular weight is 333 g/mol. The molecular weight excluding hydrogens is 324 g/mol. The fourth-order valence-electron chi connectivity index (χ4n) is 1.67. The maximum Gasteiger partial charge on any atom is 0.311 e. The summed E-state index contributed by atoms with van der Waals surface area (Å²) in [5.41, 5.74) is 1.07. The number of hydrogen-bond donors (Lipinski definition) is 0. The van der Waals surface area contributed by atoms with Crippen molar-refractivity contribution < 1.29 is 9.66 Å². The Morgan fingerprint density at radius 1 is 1.30 bits per heavy atom. The summed E-state index contributed by atoms with van der Waals surface area (Å²) >= 11 is 3.26. The summed E-state index contributed by atoms with van der Waals surface area (Å²) in [6.07, 6.45) is 0. The minimum absolute atomic E-state index is 0.108. The molecule has 0 bridgehead atoms. The zero-order valence-electron chi connectivity index (χ0n) is 10.5. The Balaban J connectivity index is 2.42. The van der Waals surface area contributed by atoms with Gasteiger partial charge in [-0.05, 0) is 36.8 Å². The van der Waals surface area contributed by atoms with Crippen molar-refractivity contribution in [3.05, 3.63) is 62.1 Å². The van der Waals surface area contributed by atoms with E-state index in [1.165, 1.54) is 12.1 Å². The maximum absolute atomic E-state index is 11.0. The van der Waals surface area contributed by atoms with Crippen molar-refractivity contribution >= 4 is 21.6 Å². The Morgan fingerprint density at radius 2 is 2.05 bits per heavy atom. The summed E-state index contributed by atoms with van der Waals surface area (Å²) in [6.45, 7) is 1.77. The molecular formula is C14H9BrN2O3. The lowest BCUT2D eigenvalue weighted by Gasteiger charge is -2.07. The minimum atomic E-state index is -0.495. The number of rotatable bonds is 3. The Kier molecular flexibility index (Phi) is 4.01. The van der Waals surface area contributed by atoms with E-state index >= 15 is 0 Å². The van der Waals surface area contributed by atoms with Gasteiger partial charge in [0, 0.05) is 10.5 Å². The first-order chi connectivity index (χ1) is 9.49. The van der Waals surface area contributed by atoms with Crippen molar-refractivity contribution in [2.75, 3.05) is 0 Å². The molecule has 0 unspecified atom stereocenters. The lowest BCUT2D eigenvalue weighted by molar-refractivity contribution is -0.385. The second kappa shape index (κ2) is 5.72. The van der Waals surface area contributed by atoms with Crippen LogP contribution in [0.25, 0.3) is 0 Å². The van der Waals surface area contributed by atoms with Crippen molar-refractivity contribution in [2.45, 2.75) is 6.92 Å². The van der Waals surface area contributed by atoms with Crippen LogP contribution in [0, 0.1) is 28.4 Å². The molecule has 6 heteroatoms. The van der Waals surface area contributed by atoms with Crippen LogP contribution < -0.4 is 4.74 Å². The molecule has 0 aliphatic heterocycles. The number of nitriles is 1. The van der Waals surface area contributed by atoms with Crippen LogP contribution in [-0.2, 0) is 0 Å². The van der Waals surface area contributed by atoms with Crippen LogP contribution in [0.1, 0.15) is 11.1 Å². The lowest BCUT2D eigenvalue weighted by Crippen LogP contribution is -1.94. The van der Waals surface area contributed by atoms with Crippen LogP contribution in [0.5, 0.6) is 11.5 Å². The first-order valence-electron chi connectivity index (χ1n) is 5.63. The first kappa shape index (κ1) is 14.0. The van der Waals surface area contributed by atoms with E-state index in [-0.39, 0.29) is 11.4 Å². The zero-order chi connectivity index (χ0) is 14.7. The quantitative estimate of drug-likeness (QED) is 0.619. The van der Waals surface area contributed by atoms with E-state index in [0.717, 1.165) is 5.56 Å². The van der Waals surface area contributed by atoms with E-state index in [9.17, 15) is 10.1 Å². The smallest absolute Gasteiger partial charge is 0.311 e. The number of benzene rings is 2. The molecule has 0 saturated heterocycles. The van der Waals surface area contributed by atoms with Gasteiger partial charge in [0.15, 0.2) is 0 Å². The zero-order valence-corrected chi connectivity index (χ0v) is 12.0. The summed E-state index contributed by atoms with van der Waals surface area (Å²) in [6, 6.07) is 11.5. The molecule has 2 aromatic rings. The average Bonchev–Trinajstić information content (AvgIpc) is 2.40. The predicted molar refractivity (Wildman–Crippen MR) is 76.8 cm³/mol. The minimum Gasteiger partial charge on any atom is -0.450 e. The van der Waals surface area contributed by atoms with E-state index in [4.69, 9.17) is 10.00 Å². The summed E-state index contributed by atoms with van der Waals surface area (Å²) in [5, 5.41) is 19.9. The molecule has 0 heterocycles. The first-order valence-corrected chi connectivity index (χ1v) is 6.42. The van der Waals surface area contributed by atoms with Gasteiger partial charge in [0.1, 0.15) is 5.75 Å². The highest BCUT2D eigenvalue weighted by Crippen LogP contribution is 2.33. The lowest BCUT2D eigenvalue weighted by atomic mass is 10.2. The summed E-state index contributed by atoms with van der Waals surface area (Å²) < 4.78 is 6.19. The SMILES string of the molecule is Cc1ccc(Oc2cc(Br)cc(C#N)c2)c([N+](=O)[O-])c1. The second-order valence-corrected chi connectivity index (χ2v) is 5.03. The number of nitrogens with zero attached hydrogens (tertiary/aromatic N) is 2. The van der Waals surface area contributed by atoms with Crippen LogP contribution in [0.2, 0.25) is 0 Å². The van der Waals surface area contributed by atoms with Crippen LogP contribution in [0.4, 0.5) is 5.69 Å². The van der Waals surface area contributed by atoms with E-state index in [1.807, 2.05) is 6.07 Å². The number of ether oxygens (including phenoxy) is 1. The number of nitro benzene ring substituents is 1.